The van der Waals surface area contributed by atoms with Crippen LogP contribution in [0.15, 0.2) is 53.4 Å². The number of halogens is 3. The van der Waals surface area contributed by atoms with Crippen molar-refractivity contribution < 1.29 is 27.5 Å². The number of anilines is 1. The van der Waals surface area contributed by atoms with Gasteiger partial charge in [0.15, 0.2) is 0 Å². The summed E-state index contributed by atoms with van der Waals surface area (Å²) >= 11 is -0.250. The van der Waals surface area contributed by atoms with Crippen LogP contribution < -0.4 is 5.32 Å². The van der Waals surface area contributed by atoms with Gasteiger partial charge in [-0.15, -0.1) is 0 Å². The molecule has 24 heavy (non-hydrogen) atoms. The van der Waals surface area contributed by atoms with Crippen LogP contribution in [-0.2, 0) is 4.74 Å². The van der Waals surface area contributed by atoms with Crippen LogP contribution in [0.4, 0.5) is 18.9 Å². The minimum Gasteiger partial charge on any atom is -0.465 e. The van der Waals surface area contributed by atoms with E-state index in [4.69, 9.17) is 0 Å². The van der Waals surface area contributed by atoms with E-state index >= 15 is 0 Å². The Kier molecular flexibility index (Phi) is 5.50. The largest absolute Gasteiger partial charge is 0.465 e. The zero-order chi connectivity index (χ0) is 17.7. The Labute approximate surface area is 140 Å². The van der Waals surface area contributed by atoms with Gasteiger partial charge in [-0.1, -0.05) is 6.07 Å². The average molecular weight is 355 g/mol. The molecule has 0 atom stereocenters. The average Bonchev–Trinajstić information content (AvgIpc) is 2.53. The molecule has 0 saturated heterocycles. The van der Waals surface area contributed by atoms with Crippen molar-refractivity contribution in [2.75, 3.05) is 12.4 Å². The van der Waals surface area contributed by atoms with Crippen molar-refractivity contribution in [2.45, 2.75) is 10.4 Å². The van der Waals surface area contributed by atoms with Crippen LogP contribution in [0.5, 0.6) is 0 Å². The van der Waals surface area contributed by atoms with E-state index in [1.807, 2.05) is 0 Å². The van der Waals surface area contributed by atoms with Gasteiger partial charge in [-0.2, -0.15) is 13.2 Å². The lowest BCUT2D eigenvalue weighted by Crippen LogP contribution is -2.12. The molecule has 0 spiro atoms. The van der Waals surface area contributed by atoms with Gasteiger partial charge in [0.05, 0.1) is 12.7 Å². The van der Waals surface area contributed by atoms with E-state index < -0.39 is 17.4 Å². The van der Waals surface area contributed by atoms with E-state index in [1.165, 1.54) is 43.5 Å². The molecule has 0 fully saturated rings. The molecule has 0 heterocycles. The third-order valence-electron chi connectivity index (χ3n) is 2.89. The second-order valence-corrected chi connectivity index (χ2v) is 5.74. The van der Waals surface area contributed by atoms with Crippen molar-refractivity contribution in [3.8, 4) is 0 Å². The summed E-state index contributed by atoms with van der Waals surface area (Å²) in [4.78, 5) is 23.5. The second-order valence-electron chi connectivity index (χ2n) is 4.60. The van der Waals surface area contributed by atoms with Gasteiger partial charge in [0.2, 0.25) is 0 Å². The summed E-state index contributed by atoms with van der Waals surface area (Å²) in [6, 6.07) is 11.2. The molecule has 126 valence electrons. The number of alkyl halides is 3. The quantitative estimate of drug-likeness (QED) is 0.655. The first-order chi connectivity index (χ1) is 11.3. The molecule has 2 aromatic carbocycles. The van der Waals surface area contributed by atoms with E-state index in [9.17, 15) is 22.8 Å². The molecule has 0 aromatic heterocycles. The fourth-order valence-corrected chi connectivity index (χ4v) is 2.39. The lowest BCUT2D eigenvalue weighted by atomic mass is 10.1. The van der Waals surface area contributed by atoms with Gasteiger partial charge in [-0.05, 0) is 54.2 Å². The number of ether oxygens (including phenoxy) is 1. The van der Waals surface area contributed by atoms with Gasteiger partial charge >= 0.3 is 11.5 Å². The molecular weight excluding hydrogens is 343 g/mol. The van der Waals surface area contributed by atoms with E-state index in [0.717, 1.165) is 0 Å². The molecule has 0 aliphatic carbocycles. The summed E-state index contributed by atoms with van der Waals surface area (Å²) in [5.74, 6) is -1.04. The van der Waals surface area contributed by atoms with Crippen LogP contribution >= 0.6 is 11.8 Å². The van der Waals surface area contributed by atoms with Crippen molar-refractivity contribution in [1.29, 1.82) is 0 Å². The van der Waals surface area contributed by atoms with Crippen molar-refractivity contribution >= 4 is 29.3 Å². The molecule has 2 rings (SSSR count). The Morgan fingerprint density at radius 2 is 1.71 bits per heavy atom. The number of nitrogens with one attached hydrogen (secondary N) is 1. The first-order valence-electron chi connectivity index (χ1n) is 6.64. The number of thioether (sulfide) groups is 1. The summed E-state index contributed by atoms with van der Waals surface area (Å²) in [6.45, 7) is 0. The highest BCUT2D eigenvalue weighted by molar-refractivity contribution is 8.00. The predicted octanol–water partition coefficient (Wildman–Crippen LogP) is 4.34. The molecule has 1 amide bonds. The van der Waals surface area contributed by atoms with Crippen LogP contribution in [0.1, 0.15) is 20.7 Å². The van der Waals surface area contributed by atoms with E-state index in [0.29, 0.717) is 5.69 Å². The third kappa shape index (κ3) is 5.02. The Morgan fingerprint density at radius 1 is 1.04 bits per heavy atom. The lowest BCUT2D eigenvalue weighted by molar-refractivity contribution is -0.0328. The van der Waals surface area contributed by atoms with Gasteiger partial charge in [-0.3, -0.25) is 4.79 Å². The minimum absolute atomic E-state index is 0.00765. The maximum Gasteiger partial charge on any atom is 0.446 e. The highest BCUT2D eigenvalue weighted by Crippen LogP contribution is 2.36. The normalized spacial score (nSPS) is 11.0. The zero-order valence-electron chi connectivity index (χ0n) is 12.4. The lowest BCUT2D eigenvalue weighted by Gasteiger charge is -2.08. The summed E-state index contributed by atoms with van der Waals surface area (Å²) in [7, 11) is 1.24. The molecule has 4 nitrogen and oxygen atoms in total. The molecule has 0 unspecified atom stereocenters. The first kappa shape index (κ1) is 17.9. The number of methoxy groups -OCH3 is 1. The van der Waals surface area contributed by atoms with Crippen LogP contribution in [-0.4, -0.2) is 24.5 Å². The molecule has 2 aromatic rings. The van der Waals surface area contributed by atoms with Crippen LogP contribution in [0.3, 0.4) is 0 Å². The maximum absolute atomic E-state index is 12.3. The van der Waals surface area contributed by atoms with Gasteiger partial charge in [0, 0.05) is 16.1 Å². The molecular formula is C16H12F3NO3S. The smallest absolute Gasteiger partial charge is 0.446 e. The number of esters is 1. The molecule has 8 heteroatoms. The molecule has 0 bridgehead atoms. The number of hydrogen-bond donors (Lipinski definition) is 1. The van der Waals surface area contributed by atoms with Crippen LogP contribution in [0.2, 0.25) is 0 Å². The molecule has 0 saturated carbocycles. The Morgan fingerprint density at radius 3 is 2.29 bits per heavy atom. The van der Waals surface area contributed by atoms with Crippen molar-refractivity contribution in [2.24, 2.45) is 0 Å². The summed E-state index contributed by atoms with van der Waals surface area (Å²) in [6.07, 6.45) is 0. The fourth-order valence-electron chi connectivity index (χ4n) is 1.85. The topological polar surface area (TPSA) is 55.4 Å². The number of hydrogen-bond acceptors (Lipinski definition) is 4. The fraction of sp³-hybridized carbons (Fsp3) is 0.125. The SMILES string of the molecule is COC(=O)c1cccc(NC(=O)c2ccc(SC(F)(F)F)cc2)c1. The third-order valence-corrected chi connectivity index (χ3v) is 3.63. The number of benzene rings is 2. The van der Waals surface area contributed by atoms with Crippen molar-refractivity contribution in [3.63, 3.8) is 0 Å². The van der Waals surface area contributed by atoms with Gasteiger partial charge in [0.25, 0.3) is 5.91 Å². The number of amides is 1. The van der Waals surface area contributed by atoms with E-state index in [2.05, 4.69) is 10.1 Å². The molecule has 0 aliphatic heterocycles. The van der Waals surface area contributed by atoms with Crippen LogP contribution in [0.25, 0.3) is 0 Å². The molecule has 1 N–H and O–H groups in total. The number of carbonyl (C=O) groups excluding carboxylic acids is 2. The standard InChI is InChI=1S/C16H12F3NO3S/c1-23-15(22)11-3-2-4-12(9-11)20-14(21)10-5-7-13(8-6-10)24-16(17,18)19/h2-9H,1H3,(H,20,21). The summed E-state index contributed by atoms with van der Waals surface area (Å²) in [5.41, 5.74) is -3.54. The predicted molar refractivity (Wildman–Crippen MR) is 84.1 cm³/mol. The highest BCUT2D eigenvalue weighted by Gasteiger charge is 2.29. The Balaban J connectivity index is 2.08. The monoisotopic (exact) mass is 355 g/mol. The summed E-state index contributed by atoms with van der Waals surface area (Å²) < 4.78 is 41.4. The van der Waals surface area contributed by atoms with Crippen LogP contribution in [0, 0.1) is 0 Å². The Hall–Kier alpha value is -2.48. The van der Waals surface area contributed by atoms with Gasteiger partial charge in [-0.25, -0.2) is 4.79 Å². The zero-order valence-corrected chi connectivity index (χ0v) is 13.2. The number of carbonyl (C=O) groups is 2. The highest BCUT2D eigenvalue weighted by atomic mass is 32.2. The van der Waals surface area contributed by atoms with Crippen molar-refractivity contribution in [3.05, 3.63) is 59.7 Å². The van der Waals surface area contributed by atoms with E-state index in [1.54, 1.807) is 12.1 Å². The molecule has 0 aliphatic rings. The summed E-state index contributed by atoms with van der Waals surface area (Å²) in [5, 5.41) is 2.57. The number of rotatable bonds is 4. The second kappa shape index (κ2) is 7.39. The van der Waals surface area contributed by atoms with E-state index in [-0.39, 0.29) is 27.8 Å². The maximum atomic E-state index is 12.3. The molecule has 0 radical (unpaired) electrons. The van der Waals surface area contributed by atoms with Gasteiger partial charge in [0.1, 0.15) is 0 Å². The minimum atomic E-state index is -4.38. The first-order valence-corrected chi connectivity index (χ1v) is 7.46. The van der Waals surface area contributed by atoms with Gasteiger partial charge < -0.3 is 10.1 Å². The Bertz CT molecular complexity index is 745. The van der Waals surface area contributed by atoms with Crippen molar-refractivity contribution in [1.82, 2.24) is 0 Å².